The summed E-state index contributed by atoms with van der Waals surface area (Å²) in [7, 11) is -3.24. The molecule has 0 saturated carbocycles. The fourth-order valence-electron chi connectivity index (χ4n) is 4.50. The second-order valence-corrected chi connectivity index (χ2v) is 10.2. The topological polar surface area (TPSA) is 91.8 Å². The molecular formula is C22H23NO5S. The molecule has 0 radical (unpaired) electrons. The van der Waals surface area contributed by atoms with Crippen molar-refractivity contribution < 1.29 is 23.1 Å². The maximum atomic E-state index is 13.3. The molecule has 0 aromatic heterocycles. The van der Waals surface area contributed by atoms with Gasteiger partial charge < -0.3 is 10.0 Å². The van der Waals surface area contributed by atoms with Crippen molar-refractivity contribution in [3.63, 3.8) is 0 Å². The molecule has 1 spiro atoms. The van der Waals surface area contributed by atoms with E-state index >= 15 is 0 Å². The highest BCUT2D eigenvalue weighted by molar-refractivity contribution is 7.90. The first-order chi connectivity index (χ1) is 13.7. The number of rotatable bonds is 4. The lowest BCUT2D eigenvalue weighted by Crippen LogP contribution is -2.38. The van der Waals surface area contributed by atoms with Gasteiger partial charge in [-0.1, -0.05) is 18.2 Å². The van der Waals surface area contributed by atoms with E-state index in [2.05, 4.69) is 0 Å². The summed E-state index contributed by atoms with van der Waals surface area (Å²) in [6.45, 7) is 1.10. The maximum absolute atomic E-state index is 13.3. The van der Waals surface area contributed by atoms with E-state index in [9.17, 15) is 23.1 Å². The standard InChI is InChI=1S/C22H23NO5S/c1-29(27,28)19-6-2-15(3-7-19)14-23-11-10-22(21(23)26)9-8-16-4-5-17(20(24)25)12-18(16)13-22/h2-7,12H,8-11,13-14H2,1H3,(H,24,25)/t22-/m0/s1. The third-order valence-corrected chi connectivity index (χ3v) is 7.31. The van der Waals surface area contributed by atoms with Crippen LogP contribution in [0.4, 0.5) is 0 Å². The lowest BCUT2D eigenvalue weighted by molar-refractivity contribution is -0.137. The number of nitrogens with zero attached hydrogens (tertiary/aromatic N) is 1. The number of aromatic carboxylic acids is 1. The zero-order chi connectivity index (χ0) is 20.8. The molecule has 1 heterocycles. The summed E-state index contributed by atoms with van der Waals surface area (Å²) < 4.78 is 23.2. The second kappa shape index (κ2) is 6.99. The number of amides is 1. The molecular weight excluding hydrogens is 390 g/mol. The molecule has 1 fully saturated rings. The number of carbonyl (C=O) groups is 2. The number of aryl methyl sites for hydroxylation is 1. The molecule has 0 unspecified atom stereocenters. The van der Waals surface area contributed by atoms with Crippen LogP contribution in [-0.2, 0) is 34.0 Å². The highest BCUT2D eigenvalue weighted by Gasteiger charge is 2.48. The summed E-state index contributed by atoms with van der Waals surface area (Å²) in [5, 5.41) is 9.26. The summed E-state index contributed by atoms with van der Waals surface area (Å²) >= 11 is 0. The fourth-order valence-corrected chi connectivity index (χ4v) is 5.13. The molecule has 1 N–H and O–H groups in total. The van der Waals surface area contributed by atoms with Crippen LogP contribution < -0.4 is 0 Å². The average Bonchev–Trinajstić information content (AvgIpc) is 2.96. The molecule has 1 saturated heterocycles. The van der Waals surface area contributed by atoms with Crippen molar-refractivity contribution in [3.05, 3.63) is 64.7 Å². The Bertz CT molecular complexity index is 1090. The number of hydrogen-bond donors (Lipinski definition) is 1. The van der Waals surface area contributed by atoms with Crippen LogP contribution in [0.3, 0.4) is 0 Å². The number of carboxylic acid groups (broad SMARTS) is 1. The van der Waals surface area contributed by atoms with Crippen LogP contribution in [0.25, 0.3) is 0 Å². The molecule has 7 heteroatoms. The lowest BCUT2D eigenvalue weighted by Gasteiger charge is -2.33. The molecule has 0 bridgehead atoms. The molecule has 2 aromatic carbocycles. The highest BCUT2D eigenvalue weighted by Crippen LogP contribution is 2.44. The Labute approximate surface area is 170 Å². The normalized spacial score (nSPS) is 21.4. The minimum absolute atomic E-state index is 0.107. The monoisotopic (exact) mass is 413 g/mol. The molecule has 1 atom stereocenters. The Morgan fingerprint density at radius 2 is 1.83 bits per heavy atom. The molecule has 29 heavy (non-hydrogen) atoms. The quantitative estimate of drug-likeness (QED) is 0.832. The molecule has 1 aliphatic carbocycles. The van der Waals surface area contributed by atoms with Crippen LogP contribution in [0, 0.1) is 5.41 Å². The van der Waals surface area contributed by atoms with Crippen molar-refractivity contribution in [2.24, 2.45) is 5.41 Å². The molecule has 2 aliphatic rings. The fraction of sp³-hybridized carbons (Fsp3) is 0.364. The molecule has 1 amide bonds. The van der Waals surface area contributed by atoms with Crippen LogP contribution in [-0.4, -0.2) is 43.1 Å². The summed E-state index contributed by atoms with van der Waals surface area (Å²) in [4.78, 5) is 26.6. The second-order valence-electron chi connectivity index (χ2n) is 8.14. The number of fused-ring (bicyclic) bond motifs is 1. The smallest absolute Gasteiger partial charge is 0.335 e. The molecule has 6 nitrogen and oxygen atoms in total. The first-order valence-corrected chi connectivity index (χ1v) is 11.5. The van der Waals surface area contributed by atoms with Gasteiger partial charge in [-0.05, 0) is 66.6 Å². The summed E-state index contributed by atoms with van der Waals surface area (Å²) in [6, 6.07) is 11.9. The molecule has 2 aromatic rings. The Hall–Kier alpha value is -2.67. The van der Waals surface area contributed by atoms with Crippen molar-refractivity contribution in [1.82, 2.24) is 4.90 Å². The predicted octanol–water partition coefficient (Wildman–Crippen LogP) is 2.70. The van der Waals surface area contributed by atoms with E-state index in [0.29, 0.717) is 19.5 Å². The first-order valence-electron chi connectivity index (χ1n) is 9.61. The van der Waals surface area contributed by atoms with Gasteiger partial charge in [-0.3, -0.25) is 4.79 Å². The predicted molar refractivity (Wildman–Crippen MR) is 107 cm³/mol. The van der Waals surface area contributed by atoms with Crippen LogP contribution in [0.1, 0.15) is 39.9 Å². The Kier molecular flexibility index (Phi) is 4.73. The summed E-state index contributed by atoms with van der Waals surface area (Å²) in [5.74, 6) is -0.847. The van der Waals surface area contributed by atoms with Gasteiger partial charge in [0.15, 0.2) is 9.84 Å². The number of hydrogen-bond acceptors (Lipinski definition) is 4. The van der Waals surface area contributed by atoms with Crippen LogP contribution in [0.5, 0.6) is 0 Å². The first kappa shape index (κ1) is 19.6. The van der Waals surface area contributed by atoms with Gasteiger partial charge in [-0.2, -0.15) is 0 Å². The van der Waals surface area contributed by atoms with Gasteiger partial charge in [-0.25, -0.2) is 13.2 Å². The van der Waals surface area contributed by atoms with Crippen molar-refractivity contribution >= 4 is 21.7 Å². The van der Waals surface area contributed by atoms with Crippen molar-refractivity contribution in [2.45, 2.75) is 37.1 Å². The van der Waals surface area contributed by atoms with E-state index in [1.54, 1.807) is 36.4 Å². The lowest BCUT2D eigenvalue weighted by atomic mass is 9.70. The Morgan fingerprint density at radius 1 is 1.10 bits per heavy atom. The molecule has 1 aliphatic heterocycles. The van der Waals surface area contributed by atoms with E-state index in [-0.39, 0.29) is 16.4 Å². The summed E-state index contributed by atoms with van der Waals surface area (Å²) in [6.07, 6.45) is 4.05. The zero-order valence-electron chi connectivity index (χ0n) is 16.2. The van der Waals surface area contributed by atoms with Crippen LogP contribution in [0.2, 0.25) is 0 Å². The number of sulfone groups is 1. The van der Waals surface area contributed by atoms with Gasteiger partial charge in [0, 0.05) is 19.3 Å². The van der Waals surface area contributed by atoms with Gasteiger partial charge >= 0.3 is 5.97 Å². The van der Waals surface area contributed by atoms with Gasteiger partial charge in [0.2, 0.25) is 5.91 Å². The van der Waals surface area contributed by atoms with Gasteiger partial charge in [-0.15, -0.1) is 0 Å². The van der Waals surface area contributed by atoms with E-state index in [1.165, 1.54) is 6.26 Å². The van der Waals surface area contributed by atoms with E-state index in [4.69, 9.17) is 0 Å². The zero-order valence-corrected chi connectivity index (χ0v) is 17.0. The van der Waals surface area contributed by atoms with Crippen molar-refractivity contribution in [1.29, 1.82) is 0 Å². The van der Waals surface area contributed by atoms with Gasteiger partial charge in [0.1, 0.15) is 0 Å². The number of likely N-dealkylation sites (tertiary alicyclic amines) is 1. The van der Waals surface area contributed by atoms with Gasteiger partial charge in [0.05, 0.1) is 15.9 Å². The molecule has 4 rings (SSSR count). The summed E-state index contributed by atoms with van der Waals surface area (Å²) in [5.41, 5.74) is 2.78. The Balaban J connectivity index is 1.52. The van der Waals surface area contributed by atoms with E-state index < -0.39 is 21.2 Å². The van der Waals surface area contributed by atoms with Crippen LogP contribution >= 0.6 is 0 Å². The van der Waals surface area contributed by atoms with Crippen molar-refractivity contribution in [2.75, 3.05) is 12.8 Å². The minimum atomic E-state index is -3.24. The average molecular weight is 413 g/mol. The van der Waals surface area contributed by atoms with E-state index in [1.807, 2.05) is 11.0 Å². The maximum Gasteiger partial charge on any atom is 0.335 e. The highest BCUT2D eigenvalue weighted by atomic mass is 32.2. The third kappa shape index (κ3) is 3.67. The number of carboxylic acids is 1. The van der Waals surface area contributed by atoms with E-state index in [0.717, 1.165) is 36.0 Å². The SMILES string of the molecule is CS(=O)(=O)c1ccc(CN2CC[C@]3(CCc4ccc(C(=O)O)cc4C3)C2=O)cc1. The van der Waals surface area contributed by atoms with Gasteiger partial charge in [0.25, 0.3) is 0 Å². The van der Waals surface area contributed by atoms with Crippen LogP contribution in [0.15, 0.2) is 47.4 Å². The number of carbonyl (C=O) groups excluding carboxylic acids is 1. The minimum Gasteiger partial charge on any atom is -0.478 e. The van der Waals surface area contributed by atoms with Crippen molar-refractivity contribution in [3.8, 4) is 0 Å². The largest absolute Gasteiger partial charge is 0.478 e. The third-order valence-electron chi connectivity index (χ3n) is 6.18. The number of benzene rings is 2. The molecule has 152 valence electrons. The Morgan fingerprint density at radius 3 is 2.48 bits per heavy atom.